The molecule has 0 N–H and O–H groups in total. The van der Waals surface area contributed by atoms with Gasteiger partial charge in [-0.2, -0.15) is 0 Å². The van der Waals surface area contributed by atoms with Crippen LogP contribution in [0.4, 0.5) is 0 Å². The van der Waals surface area contributed by atoms with Gasteiger partial charge in [-0.1, -0.05) is 30.3 Å². The fourth-order valence-electron chi connectivity index (χ4n) is 2.69. The summed E-state index contributed by atoms with van der Waals surface area (Å²) in [6.45, 7) is 5.86. The van der Waals surface area contributed by atoms with Crippen LogP contribution in [0.15, 0.2) is 30.3 Å². The maximum Gasteiger partial charge on any atom is 0.319 e. The Morgan fingerprint density at radius 3 is 2.28 bits per heavy atom. The Balaban J connectivity index is 2.10. The smallest absolute Gasteiger partial charge is 0.319 e. The number of methoxy groups -OCH3 is 1. The lowest BCUT2D eigenvalue weighted by Crippen LogP contribution is -2.56. The van der Waals surface area contributed by atoms with E-state index < -0.39 is 17.5 Å². The van der Waals surface area contributed by atoms with Crippen molar-refractivity contribution in [2.75, 3.05) is 20.2 Å². The van der Waals surface area contributed by atoms with Crippen molar-refractivity contribution in [3.05, 3.63) is 35.9 Å². The second-order valence-electron chi connectivity index (χ2n) is 7.24. The van der Waals surface area contributed by atoms with Crippen LogP contribution in [-0.2, 0) is 30.3 Å². The third-order valence-corrected chi connectivity index (χ3v) is 4.00. The Bertz CT molecular complexity index is 629. The van der Waals surface area contributed by atoms with Crippen molar-refractivity contribution in [3.8, 4) is 0 Å². The van der Waals surface area contributed by atoms with Gasteiger partial charge in [0.15, 0.2) is 0 Å². The minimum Gasteiger partial charge on any atom is -0.469 e. The van der Waals surface area contributed by atoms with Crippen LogP contribution in [0.1, 0.15) is 26.3 Å². The lowest BCUT2D eigenvalue weighted by molar-refractivity contribution is -0.168. The highest BCUT2D eigenvalue weighted by Crippen LogP contribution is 2.23. The topological polar surface area (TPSA) is 72.9 Å². The highest BCUT2D eigenvalue weighted by molar-refractivity contribution is 5.99. The second kappa shape index (κ2) is 7.68. The molecule has 1 aromatic carbocycles. The van der Waals surface area contributed by atoms with E-state index in [1.807, 2.05) is 30.3 Å². The molecule has 25 heavy (non-hydrogen) atoms. The zero-order valence-corrected chi connectivity index (χ0v) is 15.2. The highest BCUT2D eigenvalue weighted by atomic mass is 16.6. The van der Waals surface area contributed by atoms with Crippen molar-refractivity contribution < 1.29 is 23.9 Å². The summed E-state index contributed by atoms with van der Waals surface area (Å²) < 4.78 is 10.1. The Kier molecular flexibility index (Phi) is 5.82. The standard InChI is InChI=1S/C19H25NO5/c1-19(2,3)25-18(23)15(10-13-8-6-5-7-9-13)16(21)20-11-14(12-20)17(22)24-4/h5-9,14-15H,10-12H2,1-4H3/t15-/m0/s1. The number of carbonyl (C=O) groups excluding carboxylic acids is 3. The third kappa shape index (κ3) is 5.05. The van der Waals surface area contributed by atoms with Crippen molar-refractivity contribution in [1.82, 2.24) is 4.90 Å². The number of carbonyl (C=O) groups is 3. The molecular weight excluding hydrogens is 322 g/mol. The average Bonchev–Trinajstić information content (AvgIpc) is 2.50. The van der Waals surface area contributed by atoms with Crippen LogP contribution in [0.2, 0.25) is 0 Å². The normalized spacial score (nSPS) is 15.9. The van der Waals surface area contributed by atoms with Crippen LogP contribution in [0.3, 0.4) is 0 Å². The SMILES string of the molecule is COC(=O)C1CN(C(=O)[C@H](Cc2ccccc2)C(=O)OC(C)(C)C)C1. The molecule has 0 unspecified atom stereocenters. The van der Waals surface area contributed by atoms with Gasteiger partial charge in [-0.05, 0) is 32.8 Å². The van der Waals surface area contributed by atoms with Crippen LogP contribution in [-0.4, -0.2) is 48.5 Å². The summed E-state index contributed by atoms with van der Waals surface area (Å²) in [5, 5.41) is 0. The minimum absolute atomic E-state index is 0.272. The van der Waals surface area contributed by atoms with Crippen LogP contribution in [0, 0.1) is 11.8 Å². The molecule has 0 radical (unpaired) electrons. The molecule has 2 rings (SSSR count). The van der Waals surface area contributed by atoms with Gasteiger partial charge >= 0.3 is 11.9 Å². The van der Waals surface area contributed by atoms with Crippen LogP contribution in [0.5, 0.6) is 0 Å². The molecule has 0 aliphatic carbocycles. The Labute approximate surface area is 148 Å². The molecule has 1 aliphatic heterocycles. The average molecular weight is 347 g/mol. The molecule has 0 saturated carbocycles. The fraction of sp³-hybridized carbons (Fsp3) is 0.526. The monoisotopic (exact) mass is 347 g/mol. The van der Waals surface area contributed by atoms with E-state index in [-0.39, 0.29) is 37.3 Å². The number of hydrogen-bond acceptors (Lipinski definition) is 5. The molecule has 6 nitrogen and oxygen atoms in total. The first-order valence-electron chi connectivity index (χ1n) is 8.34. The summed E-state index contributed by atoms with van der Waals surface area (Å²) in [6.07, 6.45) is 0.272. The predicted molar refractivity (Wildman–Crippen MR) is 91.6 cm³/mol. The lowest BCUT2D eigenvalue weighted by Gasteiger charge is -2.39. The van der Waals surface area contributed by atoms with Crippen LogP contribution in [0.25, 0.3) is 0 Å². The molecule has 136 valence electrons. The lowest BCUT2D eigenvalue weighted by atomic mass is 9.93. The van der Waals surface area contributed by atoms with E-state index in [4.69, 9.17) is 4.74 Å². The first kappa shape index (κ1) is 19.0. The maximum atomic E-state index is 12.8. The molecule has 0 aromatic heterocycles. The van der Waals surface area contributed by atoms with Crippen molar-refractivity contribution >= 4 is 17.8 Å². The zero-order valence-electron chi connectivity index (χ0n) is 15.2. The zero-order chi connectivity index (χ0) is 18.6. The Hall–Kier alpha value is -2.37. The van der Waals surface area contributed by atoms with E-state index in [1.54, 1.807) is 20.8 Å². The van der Waals surface area contributed by atoms with E-state index in [0.29, 0.717) is 0 Å². The van der Waals surface area contributed by atoms with Crippen molar-refractivity contribution in [2.24, 2.45) is 11.8 Å². The third-order valence-electron chi connectivity index (χ3n) is 4.00. The number of ether oxygens (including phenoxy) is 2. The van der Waals surface area contributed by atoms with E-state index in [9.17, 15) is 14.4 Å². The molecule has 1 aliphatic rings. The number of nitrogens with zero attached hydrogens (tertiary/aromatic N) is 1. The van der Waals surface area contributed by atoms with Gasteiger partial charge in [0.25, 0.3) is 0 Å². The summed E-state index contributed by atoms with van der Waals surface area (Å²) in [5.74, 6) is -2.41. The first-order valence-corrected chi connectivity index (χ1v) is 8.34. The number of benzene rings is 1. The van der Waals surface area contributed by atoms with E-state index >= 15 is 0 Å². The summed E-state index contributed by atoms with van der Waals surface area (Å²) >= 11 is 0. The molecule has 1 aromatic rings. The largest absolute Gasteiger partial charge is 0.469 e. The first-order chi connectivity index (χ1) is 11.7. The van der Waals surface area contributed by atoms with Crippen LogP contribution >= 0.6 is 0 Å². The molecule has 0 bridgehead atoms. The van der Waals surface area contributed by atoms with Crippen LogP contribution < -0.4 is 0 Å². The molecule has 0 spiro atoms. The van der Waals surface area contributed by atoms with Gasteiger partial charge < -0.3 is 14.4 Å². The molecule has 1 amide bonds. The number of rotatable bonds is 5. The summed E-state index contributed by atoms with van der Waals surface area (Å²) in [4.78, 5) is 38.4. The number of amides is 1. The van der Waals surface area contributed by atoms with Gasteiger partial charge in [-0.15, -0.1) is 0 Å². The van der Waals surface area contributed by atoms with E-state index in [2.05, 4.69) is 4.74 Å². The molecule has 6 heteroatoms. The quantitative estimate of drug-likeness (QED) is 0.600. The minimum atomic E-state index is -0.916. The Morgan fingerprint density at radius 2 is 1.76 bits per heavy atom. The predicted octanol–water partition coefficient (Wildman–Crippen LogP) is 1.82. The Morgan fingerprint density at radius 1 is 1.16 bits per heavy atom. The molecule has 1 saturated heterocycles. The van der Waals surface area contributed by atoms with Gasteiger partial charge in [0, 0.05) is 13.1 Å². The highest BCUT2D eigenvalue weighted by Gasteiger charge is 2.42. The number of esters is 2. The van der Waals surface area contributed by atoms with Crippen molar-refractivity contribution in [3.63, 3.8) is 0 Å². The molecule has 1 atom stereocenters. The second-order valence-corrected chi connectivity index (χ2v) is 7.24. The van der Waals surface area contributed by atoms with E-state index in [0.717, 1.165) is 5.56 Å². The summed E-state index contributed by atoms with van der Waals surface area (Å²) in [5.41, 5.74) is 0.215. The number of hydrogen-bond donors (Lipinski definition) is 0. The van der Waals surface area contributed by atoms with Gasteiger partial charge in [0.05, 0.1) is 13.0 Å². The molecule has 1 heterocycles. The maximum absolute atomic E-state index is 12.8. The van der Waals surface area contributed by atoms with Gasteiger partial charge in [-0.25, -0.2) is 0 Å². The molecule has 1 fully saturated rings. The van der Waals surface area contributed by atoms with Crippen molar-refractivity contribution in [2.45, 2.75) is 32.8 Å². The van der Waals surface area contributed by atoms with E-state index in [1.165, 1.54) is 12.0 Å². The van der Waals surface area contributed by atoms with Gasteiger partial charge in [-0.3, -0.25) is 14.4 Å². The van der Waals surface area contributed by atoms with Gasteiger partial charge in [0.1, 0.15) is 11.5 Å². The summed E-state index contributed by atoms with van der Waals surface area (Å²) in [7, 11) is 1.33. The number of likely N-dealkylation sites (tertiary alicyclic amines) is 1. The van der Waals surface area contributed by atoms with Gasteiger partial charge in [0.2, 0.25) is 5.91 Å². The summed E-state index contributed by atoms with van der Waals surface area (Å²) in [6, 6.07) is 9.35. The molecular formula is C19H25NO5. The fourth-order valence-corrected chi connectivity index (χ4v) is 2.69. The van der Waals surface area contributed by atoms with Crippen molar-refractivity contribution in [1.29, 1.82) is 0 Å².